The molecule has 1 fully saturated rings. The molecule has 3 aromatic rings. The zero-order valence-electron chi connectivity index (χ0n) is 14.1. The summed E-state index contributed by atoms with van der Waals surface area (Å²) in [5, 5.41) is 5.34. The summed E-state index contributed by atoms with van der Waals surface area (Å²) in [6, 6.07) is 7.62. The van der Waals surface area contributed by atoms with E-state index in [4.69, 9.17) is 13.9 Å². The molecule has 0 unspecified atom stereocenters. The van der Waals surface area contributed by atoms with E-state index in [1.807, 2.05) is 17.5 Å². The van der Waals surface area contributed by atoms with Gasteiger partial charge in [0.15, 0.2) is 11.5 Å². The molecule has 0 radical (unpaired) electrons. The highest BCUT2D eigenvalue weighted by atomic mass is 32.1. The second-order valence-corrected chi connectivity index (χ2v) is 7.22. The maximum atomic E-state index is 12.6. The molecule has 0 spiro atoms. The zero-order valence-corrected chi connectivity index (χ0v) is 14.9. The molecule has 2 aliphatic heterocycles. The number of anilines is 2. The number of thiophene rings is 1. The Morgan fingerprint density at radius 2 is 2.00 bits per heavy atom. The van der Waals surface area contributed by atoms with Crippen LogP contribution >= 0.6 is 11.3 Å². The number of ether oxygens (including phenoxy) is 2. The van der Waals surface area contributed by atoms with Crippen LogP contribution in [0.1, 0.15) is 0 Å². The third-order valence-electron chi connectivity index (χ3n) is 4.72. The molecule has 0 saturated carbocycles. The van der Waals surface area contributed by atoms with Gasteiger partial charge in [-0.2, -0.15) is 0 Å². The van der Waals surface area contributed by atoms with E-state index < -0.39 is 0 Å². The highest BCUT2D eigenvalue weighted by Crippen LogP contribution is 2.38. The molecule has 1 aromatic carbocycles. The maximum absolute atomic E-state index is 12.6. The Balaban J connectivity index is 1.62. The lowest BCUT2D eigenvalue weighted by Gasteiger charge is -2.27. The molecular weight excluding hydrogens is 352 g/mol. The first-order chi connectivity index (χ1) is 12.8. The van der Waals surface area contributed by atoms with E-state index in [0.717, 1.165) is 42.2 Å². The first kappa shape index (κ1) is 15.7. The van der Waals surface area contributed by atoms with Gasteiger partial charge in [-0.25, -0.2) is 0 Å². The van der Waals surface area contributed by atoms with Gasteiger partial charge in [0.2, 0.25) is 5.43 Å². The number of rotatable bonds is 2. The molecule has 0 amide bonds. The number of nitrogens with one attached hydrogen (secondary N) is 1. The summed E-state index contributed by atoms with van der Waals surface area (Å²) in [5.41, 5.74) is 3.58. The van der Waals surface area contributed by atoms with Crippen molar-refractivity contribution >= 4 is 33.2 Å². The Hall–Kier alpha value is -2.51. The summed E-state index contributed by atoms with van der Waals surface area (Å²) in [4.78, 5) is 14.6. The molecule has 7 heteroatoms. The minimum Gasteiger partial charge on any atom is -0.490 e. The van der Waals surface area contributed by atoms with Crippen LogP contribution in [0.2, 0.25) is 0 Å². The second-order valence-electron chi connectivity index (χ2n) is 6.34. The smallest absolute Gasteiger partial charge is 0.204 e. The first-order valence-corrected chi connectivity index (χ1v) is 9.57. The number of benzene rings is 1. The van der Waals surface area contributed by atoms with Crippen molar-refractivity contribution in [1.29, 1.82) is 0 Å². The topological polar surface area (TPSA) is 63.9 Å². The highest BCUT2D eigenvalue weighted by molar-refractivity contribution is 7.17. The lowest BCUT2D eigenvalue weighted by Crippen LogP contribution is -2.36. The summed E-state index contributed by atoms with van der Waals surface area (Å²) in [7, 11) is 0. The summed E-state index contributed by atoms with van der Waals surface area (Å²) in [6.07, 6.45) is 0. The second kappa shape index (κ2) is 6.34. The summed E-state index contributed by atoms with van der Waals surface area (Å²) in [6.45, 7) is 4.22. The molecule has 5 rings (SSSR count). The van der Waals surface area contributed by atoms with Gasteiger partial charge in [0.25, 0.3) is 0 Å². The van der Waals surface area contributed by atoms with E-state index in [-0.39, 0.29) is 5.43 Å². The van der Waals surface area contributed by atoms with Gasteiger partial charge >= 0.3 is 0 Å². The fraction of sp³-hybridized carbons (Fsp3) is 0.316. The average Bonchev–Trinajstić information content (AvgIpc) is 3.13. The fourth-order valence-electron chi connectivity index (χ4n) is 3.38. The number of fused-ring (bicyclic) bond motifs is 2. The molecule has 0 aliphatic carbocycles. The van der Waals surface area contributed by atoms with Crippen LogP contribution in [-0.2, 0) is 4.74 Å². The van der Waals surface area contributed by atoms with Gasteiger partial charge in [0.05, 0.1) is 18.9 Å². The molecule has 6 nitrogen and oxygen atoms in total. The molecule has 4 heterocycles. The van der Waals surface area contributed by atoms with Crippen molar-refractivity contribution in [2.24, 2.45) is 0 Å². The van der Waals surface area contributed by atoms with Crippen LogP contribution in [0.15, 0.2) is 38.9 Å². The zero-order chi connectivity index (χ0) is 17.5. The minimum absolute atomic E-state index is 0.00316. The fourth-order valence-corrected chi connectivity index (χ4v) is 4.29. The van der Waals surface area contributed by atoms with Crippen molar-refractivity contribution < 1.29 is 13.9 Å². The number of morpholine rings is 1. The highest BCUT2D eigenvalue weighted by Gasteiger charge is 2.19. The largest absolute Gasteiger partial charge is 0.490 e. The molecule has 1 saturated heterocycles. The van der Waals surface area contributed by atoms with Crippen LogP contribution in [0.25, 0.3) is 21.4 Å². The van der Waals surface area contributed by atoms with Gasteiger partial charge in [-0.05, 0) is 17.7 Å². The first-order valence-electron chi connectivity index (χ1n) is 8.69. The van der Waals surface area contributed by atoms with Crippen LogP contribution in [0.5, 0.6) is 5.75 Å². The van der Waals surface area contributed by atoms with E-state index in [0.29, 0.717) is 36.0 Å². The Morgan fingerprint density at radius 1 is 1.12 bits per heavy atom. The minimum atomic E-state index is 0.00316. The van der Waals surface area contributed by atoms with E-state index in [9.17, 15) is 4.79 Å². The van der Waals surface area contributed by atoms with E-state index >= 15 is 0 Å². The molecule has 26 heavy (non-hydrogen) atoms. The Morgan fingerprint density at radius 3 is 2.88 bits per heavy atom. The molecule has 2 aromatic heterocycles. The Kier molecular flexibility index (Phi) is 3.83. The van der Waals surface area contributed by atoms with Gasteiger partial charge in [0.1, 0.15) is 17.1 Å². The third-order valence-corrected chi connectivity index (χ3v) is 5.69. The van der Waals surface area contributed by atoms with Gasteiger partial charge in [-0.3, -0.25) is 4.79 Å². The van der Waals surface area contributed by atoms with Crippen molar-refractivity contribution in [3.8, 4) is 16.9 Å². The SMILES string of the molecule is O=c1cc(N2CCOCC2)oc2c(-c3ccc4c(c3)NCCO4)csc12. The van der Waals surface area contributed by atoms with Gasteiger partial charge in [-0.1, -0.05) is 6.07 Å². The van der Waals surface area contributed by atoms with Crippen LogP contribution in [0.3, 0.4) is 0 Å². The molecule has 1 N–H and O–H groups in total. The van der Waals surface area contributed by atoms with E-state index in [1.165, 1.54) is 11.3 Å². The molecule has 134 valence electrons. The third kappa shape index (κ3) is 2.64. The lowest BCUT2D eigenvalue weighted by molar-refractivity contribution is 0.121. The summed E-state index contributed by atoms with van der Waals surface area (Å²) < 4.78 is 17.9. The lowest BCUT2D eigenvalue weighted by atomic mass is 10.1. The number of hydrogen-bond donors (Lipinski definition) is 1. The van der Waals surface area contributed by atoms with Crippen molar-refractivity contribution in [3.63, 3.8) is 0 Å². The van der Waals surface area contributed by atoms with Gasteiger partial charge in [0, 0.05) is 36.6 Å². The van der Waals surface area contributed by atoms with E-state index in [2.05, 4.69) is 16.3 Å². The van der Waals surface area contributed by atoms with E-state index in [1.54, 1.807) is 6.07 Å². The quantitative estimate of drug-likeness (QED) is 0.748. The van der Waals surface area contributed by atoms with Crippen LogP contribution < -0.4 is 20.4 Å². The number of nitrogens with zero attached hydrogens (tertiary/aromatic N) is 1. The van der Waals surface area contributed by atoms with Crippen LogP contribution in [0.4, 0.5) is 11.6 Å². The Bertz CT molecular complexity index is 1020. The van der Waals surface area contributed by atoms with Crippen molar-refractivity contribution in [1.82, 2.24) is 0 Å². The molecular formula is C19H18N2O4S. The number of hydrogen-bond acceptors (Lipinski definition) is 7. The van der Waals surface area contributed by atoms with Crippen LogP contribution in [0, 0.1) is 0 Å². The van der Waals surface area contributed by atoms with Crippen LogP contribution in [-0.4, -0.2) is 39.5 Å². The monoisotopic (exact) mass is 370 g/mol. The predicted octanol–water partition coefficient (Wildman–Crippen LogP) is 3.16. The predicted molar refractivity (Wildman–Crippen MR) is 103 cm³/mol. The standard InChI is InChI=1S/C19H18N2O4S/c22-15-10-17(21-4-7-23-8-5-21)25-18-13(11-26-19(15)18)12-1-2-16-14(9-12)20-3-6-24-16/h1-2,9-11,20H,3-8H2. The molecule has 0 bridgehead atoms. The average molecular weight is 370 g/mol. The summed E-state index contributed by atoms with van der Waals surface area (Å²) >= 11 is 1.43. The van der Waals surface area contributed by atoms with Crippen molar-refractivity contribution in [2.45, 2.75) is 0 Å². The normalized spacial score (nSPS) is 16.8. The summed E-state index contributed by atoms with van der Waals surface area (Å²) in [5.74, 6) is 1.47. The van der Waals surface area contributed by atoms with Crippen molar-refractivity contribution in [3.05, 3.63) is 39.9 Å². The maximum Gasteiger partial charge on any atom is 0.204 e. The van der Waals surface area contributed by atoms with Crippen molar-refractivity contribution in [2.75, 3.05) is 49.7 Å². The van der Waals surface area contributed by atoms with Gasteiger partial charge < -0.3 is 24.1 Å². The molecule has 0 atom stereocenters. The Labute approximate surface area is 153 Å². The van der Waals surface area contributed by atoms with Gasteiger partial charge in [-0.15, -0.1) is 11.3 Å². The molecule has 2 aliphatic rings.